The lowest BCUT2D eigenvalue weighted by atomic mass is 9.69. The molecule has 0 aromatic rings. The first-order chi connectivity index (χ1) is 14.0. The first-order valence-corrected chi connectivity index (χ1v) is 11.1. The van der Waals surface area contributed by atoms with Crippen LogP contribution in [0.3, 0.4) is 0 Å². The molecule has 0 saturated carbocycles. The van der Waals surface area contributed by atoms with Gasteiger partial charge in [-0.15, -0.1) is 0 Å². The number of hydrogen-bond acceptors (Lipinski definition) is 4. The fraction of sp³-hybridized carbons (Fsp3) is 0.773. The van der Waals surface area contributed by atoms with Crippen molar-refractivity contribution in [3.63, 3.8) is 0 Å². The predicted molar refractivity (Wildman–Crippen MR) is 112 cm³/mol. The number of allylic oxidation sites excluding steroid dienone is 1. The normalized spacial score (nSPS) is 28.3. The summed E-state index contributed by atoms with van der Waals surface area (Å²) in [6.07, 6.45) is 8.88. The van der Waals surface area contributed by atoms with Crippen LogP contribution in [-0.2, 0) is 14.4 Å². The molecule has 1 heterocycles. The van der Waals surface area contributed by atoms with Gasteiger partial charge in [-0.2, -0.15) is 0 Å². The third-order valence-corrected chi connectivity index (χ3v) is 6.29. The van der Waals surface area contributed by atoms with Crippen molar-refractivity contribution in [1.82, 2.24) is 15.5 Å². The van der Waals surface area contributed by atoms with Gasteiger partial charge in [0.1, 0.15) is 6.04 Å². The van der Waals surface area contributed by atoms with Crippen molar-refractivity contribution < 1.29 is 19.5 Å². The molecule has 0 unspecified atom stereocenters. The summed E-state index contributed by atoms with van der Waals surface area (Å²) < 4.78 is 0. The molecule has 1 aliphatic carbocycles. The Labute approximate surface area is 174 Å². The minimum atomic E-state index is -0.570. The molecule has 0 bridgehead atoms. The molecule has 0 spiro atoms. The van der Waals surface area contributed by atoms with Crippen LogP contribution in [0.1, 0.15) is 52.4 Å². The van der Waals surface area contributed by atoms with Gasteiger partial charge in [-0.05, 0) is 38.0 Å². The molecule has 1 fully saturated rings. The van der Waals surface area contributed by atoms with Crippen LogP contribution in [0.5, 0.6) is 0 Å². The van der Waals surface area contributed by atoms with Crippen LogP contribution in [0.4, 0.5) is 0 Å². The molecule has 3 amide bonds. The summed E-state index contributed by atoms with van der Waals surface area (Å²) in [5.41, 5.74) is 0. The largest absolute Gasteiger partial charge is 0.396 e. The fourth-order valence-electron chi connectivity index (χ4n) is 4.72. The maximum Gasteiger partial charge on any atom is 0.243 e. The van der Waals surface area contributed by atoms with E-state index in [9.17, 15) is 14.4 Å². The molecule has 0 aromatic heterocycles. The number of rotatable bonds is 11. The van der Waals surface area contributed by atoms with E-state index in [1.54, 1.807) is 11.9 Å². The summed E-state index contributed by atoms with van der Waals surface area (Å²) in [6.45, 7) is 5.28. The van der Waals surface area contributed by atoms with Gasteiger partial charge < -0.3 is 20.6 Å². The number of amides is 3. The van der Waals surface area contributed by atoms with Gasteiger partial charge in [0.05, 0.1) is 11.8 Å². The number of aliphatic hydroxyl groups is 1. The second kappa shape index (κ2) is 11.3. The highest BCUT2D eigenvalue weighted by molar-refractivity contribution is 5.96. The Bertz CT molecular complexity index is 607. The first-order valence-electron chi connectivity index (χ1n) is 11.1. The highest BCUT2D eigenvalue weighted by Gasteiger charge is 2.56. The van der Waals surface area contributed by atoms with Gasteiger partial charge >= 0.3 is 0 Å². The van der Waals surface area contributed by atoms with Crippen molar-refractivity contribution in [3.8, 4) is 0 Å². The van der Waals surface area contributed by atoms with E-state index in [0.717, 1.165) is 32.1 Å². The maximum absolute atomic E-state index is 13.4. The van der Waals surface area contributed by atoms with Gasteiger partial charge in [-0.3, -0.25) is 14.4 Å². The summed E-state index contributed by atoms with van der Waals surface area (Å²) >= 11 is 0. The monoisotopic (exact) mass is 407 g/mol. The summed E-state index contributed by atoms with van der Waals surface area (Å²) in [5.74, 6) is -1.57. The summed E-state index contributed by atoms with van der Waals surface area (Å²) in [5, 5.41) is 14.7. The van der Waals surface area contributed by atoms with Crippen LogP contribution in [-0.4, -0.2) is 60.5 Å². The van der Waals surface area contributed by atoms with Crippen LogP contribution in [0, 0.1) is 23.7 Å². The standard InChI is InChI=1S/C22H37N3O4/c1-4-6-12-24-21(28)19-16-11-10-15(5-2)17(20(27)23-3)18(16)22(29)25(19)13-8-7-9-14-26/h10-11,15-19,26H,4-9,12-14H2,1-3H3,(H,23,27)(H,24,28)/t15-,16+,17-,18-,19+/m1/s1. The van der Waals surface area contributed by atoms with Gasteiger partial charge in [-0.1, -0.05) is 32.4 Å². The van der Waals surface area contributed by atoms with Gasteiger partial charge in [-0.25, -0.2) is 0 Å². The second-order valence-corrected chi connectivity index (χ2v) is 8.11. The molecule has 7 nitrogen and oxygen atoms in total. The van der Waals surface area contributed by atoms with E-state index in [0.29, 0.717) is 19.5 Å². The smallest absolute Gasteiger partial charge is 0.243 e. The summed E-state index contributed by atoms with van der Waals surface area (Å²) in [6, 6.07) is -0.570. The van der Waals surface area contributed by atoms with Crippen molar-refractivity contribution >= 4 is 17.7 Å². The Morgan fingerprint density at radius 1 is 1.10 bits per heavy atom. The van der Waals surface area contributed by atoms with Gasteiger partial charge in [0.2, 0.25) is 17.7 Å². The van der Waals surface area contributed by atoms with Crippen LogP contribution < -0.4 is 10.6 Å². The first kappa shape index (κ1) is 23.4. The number of aliphatic hydroxyl groups excluding tert-OH is 1. The zero-order chi connectivity index (χ0) is 21.4. The van der Waals surface area contributed by atoms with E-state index >= 15 is 0 Å². The van der Waals surface area contributed by atoms with Gasteiger partial charge in [0, 0.05) is 32.7 Å². The van der Waals surface area contributed by atoms with E-state index in [1.807, 2.05) is 19.1 Å². The second-order valence-electron chi connectivity index (χ2n) is 8.11. The highest BCUT2D eigenvalue weighted by atomic mass is 16.3. The molecule has 2 rings (SSSR count). The zero-order valence-electron chi connectivity index (χ0n) is 18.0. The number of fused-ring (bicyclic) bond motifs is 1. The maximum atomic E-state index is 13.4. The minimum Gasteiger partial charge on any atom is -0.396 e. The number of nitrogens with one attached hydrogen (secondary N) is 2. The van der Waals surface area contributed by atoms with Gasteiger partial charge in [0.25, 0.3) is 0 Å². The molecule has 0 radical (unpaired) electrons. The average Bonchev–Trinajstić information content (AvgIpc) is 3.01. The van der Waals surface area contributed by atoms with Crippen molar-refractivity contribution in [3.05, 3.63) is 12.2 Å². The summed E-state index contributed by atoms with van der Waals surface area (Å²) in [7, 11) is 1.60. The van der Waals surface area contributed by atoms with Crippen LogP contribution >= 0.6 is 0 Å². The van der Waals surface area contributed by atoms with Crippen LogP contribution in [0.25, 0.3) is 0 Å². The zero-order valence-corrected chi connectivity index (χ0v) is 18.0. The van der Waals surface area contributed by atoms with E-state index in [2.05, 4.69) is 17.6 Å². The molecular weight excluding hydrogens is 370 g/mol. The van der Waals surface area contributed by atoms with E-state index in [4.69, 9.17) is 5.11 Å². The van der Waals surface area contributed by atoms with E-state index in [-0.39, 0.29) is 36.2 Å². The van der Waals surface area contributed by atoms with Crippen molar-refractivity contribution in [1.29, 1.82) is 0 Å². The van der Waals surface area contributed by atoms with E-state index < -0.39 is 17.9 Å². The minimum absolute atomic E-state index is 0.00158. The molecule has 29 heavy (non-hydrogen) atoms. The van der Waals surface area contributed by atoms with Crippen LogP contribution in [0.2, 0.25) is 0 Å². The third kappa shape index (κ3) is 5.18. The molecule has 3 N–H and O–H groups in total. The Morgan fingerprint density at radius 2 is 1.86 bits per heavy atom. The lowest BCUT2D eigenvalue weighted by molar-refractivity contribution is -0.140. The van der Waals surface area contributed by atoms with Crippen molar-refractivity contribution in [2.24, 2.45) is 23.7 Å². The molecular formula is C22H37N3O4. The molecule has 0 aromatic carbocycles. The Kier molecular flexibility index (Phi) is 9.14. The number of nitrogens with zero attached hydrogens (tertiary/aromatic N) is 1. The number of unbranched alkanes of at least 4 members (excludes halogenated alkanes) is 3. The predicted octanol–water partition coefficient (Wildman–Crippen LogP) is 1.47. The summed E-state index contributed by atoms with van der Waals surface area (Å²) in [4.78, 5) is 40.8. The van der Waals surface area contributed by atoms with Crippen molar-refractivity contribution in [2.75, 3.05) is 26.7 Å². The molecule has 1 aliphatic heterocycles. The Hall–Kier alpha value is -1.89. The number of carbonyl (C=O) groups excluding carboxylic acids is 3. The van der Waals surface area contributed by atoms with Gasteiger partial charge in [0.15, 0.2) is 0 Å². The molecule has 2 aliphatic rings. The number of likely N-dealkylation sites (tertiary alicyclic amines) is 1. The SMILES string of the molecule is CCCCNC(=O)[C@@H]1[C@H]2C=C[C@@H](CC)[C@@H](C(=O)NC)[C@@H]2C(=O)N1CCCCCO. The Morgan fingerprint density at radius 3 is 2.48 bits per heavy atom. The van der Waals surface area contributed by atoms with Crippen molar-refractivity contribution in [2.45, 2.75) is 58.4 Å². The Balaban J connectivity index is 2.30. The fourth-order valence-corrected chi connectivity index (χ4v) is 4.72. The average molecular weight is 408 g/mol. The molecule has 164 valence electrons. The highest BCUT2D eigenvalue weighted by Crippen LogP contribution is 2.44. The molecule has 5 atom stereocenters. The topological polar surface area (TPSA) is 98.7 Å². The lowest BCUT2D eigenvalue weighted by Crippen LogP contribution is -2.48. The quantitative estimate of drug-likeness (QED) is 0.357. The molecule has 7 heteroatoms. The number of carbonyl (C=O) groups is 3. The molecule has 1 saturated heterocycles. The van der Waals surface area contributed by atoms with Crippen LogP contribution in [0.15, 0.2) is 12.2 Å². The third-order valence-electron chi connectivity index (χ3n) is 6.29. The van der Waals surface area contributed by atoms with E-state index in [1.165, 1.54) is 0 Å². The number of hydrogen-bond donors (Lipinski definition) is 3. The lowest BCUT2D eigenvalue weighted by Gasteiger charge is -2.33.